The molecule has 31 heavy (non-hydrogen) atoms. The summed E-state index contributed by atoms with van der Waals surface area (Å²) in [6.45, 7) is 0. The summed E-state index contributed by atoms with van der Waals surface area (Å²) in [6.07, 6.45) is 0. The van der Waals surface area contributed by atoms with Crippen molar-refractivity contribution in [2.45, 2.75) is 5.79 Å². The monoisotopic (exact) mass is 422 g/mol. The normalized spacial score (nSPS) is 18.2. The number of rotatable bonds is 5. The number of esters is 2. The fourth-order valence-corrected chi connectivity index (χ4v) is 3.55. The van der Waals surface area contributed by atoms with E-state index >= 15 is 0 Å². The first-order chi connectivity index (χ1) is 14.9. The van der Waals surface area contributed by atoms with E-state index in [0.29, 0.717) is 16.5 Å². The molecule has 0 bridgehead atoms. The molecule has 1 aromatic heterocycles. The number of hydrogen-bond donors (Lipinski definition) is 3. The summed E-state index contributed by atoms with van der Waals surface area (Å²) < 4.78 is 10.0. The van der Waals surface area contributed by atoms with Crippen LogP contribution in [0.4, 0.5) is 0 Å². The molecule has 2 heterocycles. The van der Waals surface area contributed by atoms with Crippen LogP contribution < -0.4 is 5.48 Å². The van der Waals surface area contributed by atoms with E-state index in [0.717, 1.165) is 0 Å². The number of benzene rings is 2. The van der Waals surface area contributed by atoms with Gasteiger partial charge in [0.1, 0.15) is 5.57 Å². The van der Waals surface area contributed by atoms with E-state index < -0.39 is 29.2 Å². The molecule has 4 rings (SSSR count). The van der Waals surface area contributed by atoms with Gasteiger partial charge in [-0.3, -0.25) is 9.63 Å². The van der Waals surface area contributed by atoms with Crippen molar-refractivity contribution >= 4 is 34.3 Å². The molecule has 0 fully saturated rings. The smallest absolute Gasteiger partial charge is 0.347 e. The largest absolute Gasteiger partial charge is 0.465 e. The maximum Gasteiger partial charge on any atom is 0.347 e. The lowest BCUT2D eigenvalue weighted by atomic mass is 9.92. The van der Waals surface area contributed by atoms with Crippen molar-refractivity contribution < 1.29 is 33.8 Å². The van der Waals surface area contributed by atoms with Crippen molar-refractivity contribution in [1.82, 2.24) is 10.5 Å². The molecular formula is C22H18N2O7. The summed E-state index contributed by atoms with van der Waals surface area (Å²) in [4.78, 5) is 44.8. The Bertz CT molecular complexity index is 1230. The quantitative estimate of drug-likeness (QED) is 0.325. The first kappa shape index (κ1) is 20.3. The fraction of sp³-hybridized carbons (Fsp3) is 0.136. The van der Waals surface area contributed by atoms with Gasteiger partial charge in [-0.1, -0.05) is 30.3 Å². The molecule has 1 atom stereocenters. The Morgan fingerprint density at radius 2 is 1.84 bits per heavy atom. The molecule has 0 aliphatic carbocycles. The molecule has 1 aliphatic heterocycles. The van der Waals surface area contributed by atoms with Crippen LogP contribution in [0, 0.1) is 0 Å². The molecule has 0 spiro atoms. The maximum atomic E-state index is 12.6. The molecule has 0 saturated heterocycles. The van der Waals surface area contributed by atoms with Gasteiger partial charge in [-0.25, -0.2) is 15.1 Å². The number of cyclic esters (lactones) is 1. The van der Waals surface area contributed by atoms with Crippen molar-refractivity contribution in [3.05, 3.63) is 77.0 Å². The van der Waals surface area contributed by atoms with Crippen molar-refractivity contribution in [3.8, 4) is 0 Å². The second-order valence-electron chi connectivity index (χ2n) is 6.76. The summed E-state index contributed by atoms with van der Waals surface area (Å²) in [5, 5.41) is 12.0. The first-order valence-electron chi connectivity index (χ1n) is 9.20. The Morgan fingerprint density at radius 1 is 1.10 bits per heavy atom. The zero-order valence-electron chi connectivity index (χ0n) is 16.6. The Balaban J connectivity index is 1.94. The van der Waals surface area contributed by atoms with Gasteiger partial charge in [-0.2, -0.15) is 0 Å². The fourth-order valence-electron chi connectivity index (χ4n) is 3.55. The Hall–Kier alpha value is -3.95. The average molecular weight is 422 g/mol. The molecule has 3 N–H and O–H groups in total. The molecule has 9 heteroatoms. The van der Waals surface area contributed by atoms with Crippen LogP contribution in [0.25, 0.3) is 16.5 Å². The Labute approximate surface area is 176 Å². The number of carbonyl (C=O) groups excluding carboxylic acids is 3. The highest BCUT2D eigenvalue weighted by Crippen LogP contribution is 2.45. The van der Waals surface area contributed by atoms with Crippen LogP contribution in [0.1, 0.15) is 21.6 Å². The number of ether oxygens (including phenoxy) is 2. The van der Waals surface area contributed by atoms with Crippen LogP contribution in [0.2, 0.25) is 0 Å². The molecule has 158 valence electrons. The minimum atomic E-state index is -2.22. The van der Waals surface area contributed by atoms with Gasteiger partial charge in [-0.05, 0) is 24.3 Å². The second-order valence-corrected chi connectivity index (χ2v) is 6.76. The molecule has 9 nitrogen and oxygen atoms in total. The summed E-state index contributed by atoms with van der Waals surface area (Å²) in [7, 11) is 2.50. The van der Waals surface area contributed by atoms with Crippen molar-refractivity contribution in [2.24, 2.45) is 0 Å². The van der Waals surface area contributed by atoms with E-state index in [1.807, 2.05) is 0 Å². The molecule has 0 radical (unpaired) electrons. The molecular weight excluding hydrogens is 404 g/mol. The van der Waals surface area contributed by atoms with Gasteiger partial charge in [0.05, 0.1) is 31.1 Å². The average Bonchev–Trinajstić information content (AvgIpc) is 3.31. The third-order valence-corrected chi connectivity index (χ3v) is 4.93. The number of hydrogen-bond acceptors (Lipinski definition) is 7. The minimum Gasteiger partial charge on any atom is -0.465 e. The lowest BCUT2D eigenvalue weighted by Crippen LogP contribution is -2.28. The standard InChI is InChI=1S/C22H18N2O7/c1-29-20(26)12-8-9-15-13(10-12)11-16(23-15)18-17(19(25)24-30-2)21(27)31-22(18,28)14-6-4-3-5-7-14/h3-11,23,28H,1-2H3,(H,24,25). The van der Waals surface area contributed by atoms with Crippen LogP contribution in [0.3, 0.4) is 0 Å². The topological polar surface area (TPSA) is 127 Å². The van der Waals surface area contributed by atoms with Gasteiger partial charge in [0, 0.05) is 16.5 Å². The van der Waals surface area contributed by atoms with Gasteiger partial charge in [0.2, 0.25) is 0 Å². The number of fused-ring (bicyclic) bond motifs is 1. The number of methoxy groups -OCH3 is 1. The van der Waals surface area contributed by atoms with Gasteiger partial charge < -0.3 is 19.6 Å². The van der Waals surface area contributed by atoms with Crippen LogP contribution in [0.15, 0.2) is 60.2 Å². The van der Waals surface area contributed by atoms with E-state index in [9.17, 15) is 19.5 Å². The van der Waals surface area contributed by atoms with Gasteiger partial charge in [0.15, 0.2) is 0 Å². The number of hydroxylamine groups is 1. The Kier molecular flexibility index (Phi) is 5.05. The van der Waals surface area contributed by atoms with Crippen LogP contribution in [-0.4, -0.2) is 42.2 Å². The van der Waals surface area contributed by atoms with E-state index in [1.54, 1.807) is 54.6 Å². The number of amides is 1. The van der Waals surface area contributed by atoms with E-state index in [4.69, 9.17) is 9.47 Å². The predicted octanol–water partition coefficient (Wildman–Crippen LogP) is 1.79. The lowest BCUT2D eigenvalue weighted by Gasteiger charge is -2.24. The number of aromatic amines is 1. The second kappa shape index (κ2) is 7.71. The molecule has 2 aromatic carbocycles. The molecule has 1 amide bonds. The van der Waals surface area contributed by atoms with E-state index in [-0.39, 0.29) is 16.8 Å². The third-order valence-electron chi connectivity index (χ3n) is 4.93. The number of aromatic nitrogens is 1. The predicted molar refractivity (Wildman–Crippen MR) is 108 cm³/mol. The van der Waals surface area contributed by atoms with Crippen molar-refractivity contribution in [1.29, 1.82) is 0 Å². The summed E-state index contributed by atoms with van der Waals surface area (Å²) in [5.74, 6) is -4.61. The minimum absolute atomic E-state index is 0.0749. The zero-order chi connectivity index (χ0) is 22.2. The highest BCUT2D eigenvalue weighted by molar-refractivity contribution is 6.24. The highest BCUT2D eigenvalue weighted by Gasteiger charge is 2.51. The number of carbonyl (C=O) groups is 3. The van der Waals surface area contributed by atoms with Crippen LogP contribution >= 0.6 is 0 Å². The molecule has 0 saturated carbocycles. The Morgan fingerprint density at radius 3 is 2.52 bits per heavy atom. The highest BCUT2D eigenvalue weighted by atomic mass is 16.7. The zero-order valence-corrected chi connectivity index (χ0v) is 16.6. The first-order valence-corrected chi connectivity index (χ1v) is 9.20. The number of nitrogens with one attached hydrogen (secondary N) is 2. The van der Waals surface area contributed by atoms with Crippen molar-refractivity contribution in [2.75, 3.05) is 14.2 Å². The molecule has 1 aliphatic rings. The van der Waals surface area contributed by atoms with Gasteiger partial charge in [-0.15, -0.1) is 0 Å². The summed E-state index contributed by atoms with van der Waals surface area (Å²) >= 11 is 0. The number of aliphatic hydroxyl groups is 1. The molecule has 3 aromatic rings. The summed E-state index contributed by atoms with van der Waals surface area (Å²) in [5.41, 5.74) is 3.05. The SMILES string of the molecule is CONC(=O)C1=C(c2cc3cc(C(=O)OC)ccc3[nH]2)C(O)(c2ccccc2)OC1=O. The third kappa shape index (κ3) is 3.35. The van der Waals surface area contributed by atoms with Crippen molar-refractivity contribution in [3.63, 3.8) is 0 Å². The van der Waals surface area contributed by atoms with Crippen LogP contribution in [0.5, 0.6) is 0 Å². The van der Waals surface area contributed by atoms with Gasteiger partial charge in [0.25, 0.3) is 11.7 Å². The summed E-state index contributed by atoms with van der Waals surface area (Å²) in [6, 6.07) is 14.6. The maximum absolute atomic E-state index is 12.6. The van der Waals surface area contributed by atoms with Crippen LogP contribution in [-0.2, 0) is 29.7 Å². The van der Waals surface area contributed by atoms with Gasteiger partial charge >= 0.3 is 11.9 Å². The van der Waals surface area contributed by atoms with E-state index in [2.05, 4.69) is 15.3 Å². The lowest BCUT2D eigenvalue weighted by molar-refractivity contribution is -0.179. The molecule has 1 unspecified atom stereocenters. The number of H-pyrrole nitrogens is 1. The van der Waals surface area contributed by atoms with E-state index in [1.165, 1.54) is 14.2 Å².